The van der Waals surface area contributed by atoms with E-state index in [1.807, 2.05) is 21.1 Å². The number of nitrogens with one attached hydrogen (secondary N) is 1. The molecule has 0 spiro atoms. The second kappa shape index (κ2) is 22.3. The summed E-state index contributed by atoms with van der Waals surface area (Å²) in [5.41, 5.74) is 0. The Morgan fingerprint density at radius 3 is 1.83 bits per heavy atom. The molecule has 216 valence electrons. The van der Waals surface area contributed by atoms with Gasteiger partial charge in [-0.25, -0.2) is 4.79 Å². The van der Waals surface area contributed by atoms with Crippen molar-refractivity contribution in [3.63, 3.8) is 0 Å². The lowest BCUT2D eigenvalue weighted by molar-refractivity contribution is -0.870. The zero-order valence-electron chi connectivity index (χ0n) is 24.1. The zero-order valence-corrected chi connectivity index (χ0v) is 25.0. The summed E-state index contributed by atoms with van der Waals surface area (Å²) in [5, 5.41) is 2.40. The molecular formula is C27H57N2O6P. The van der Waals surface area contributed by atoms with Gasteiger partial charge in [-0.3, -0.25) is 0 Å². The van der Waals surface area contributed by atoms with Crippen LogP contribution in [0, 0.1) is 0 Å². The van der Waals surface area contributed by atoms with Crippen LogP contribution in [0.3, 0.4) is 0 Å². The molecule has 36 heavy (non-hydrogen) atoms. The van der Waals surface area contributed by atoms with Gasteiger partial charge in [0.15, 0.2) is 0 Å². The first-order valence-electron chi connectivity index (χ1n) is 14.3. The minimum absolute atomic E-state index is 0.140. The SMILES string of the molecule is CCCCCCCCCCCCCCCCOC[C@@H](CCP(=O)([O-])OCC[N+](C)(C)C)OC(=O)NC. The number of quaternary nitrogens is 1. The van der Waals surface area contributed by atoms with Gasteiger partial charge in [0.2, 0.25) is 0 Å². The molecule has 2 atom stereocenters. The number of nitrogens with zero attached hydrogens (tertiary/aromatic N) is 1. The first-order valence-corrected chi connectivity index (χ1v) is 16.0. The summed E-state index contributed by atoms with van der Waals surface area (Å²) < 4.78 is 28.9. The van der Waals surface area contributed by atoms with Crippen molar-refractivity contribution < 1.29 is 32.7 Å². The summed E-state index contributed by atoms with van der Waals surface area (Å²) in [6.07, 6.45) is 17.0. The molecule has 0 aliphatic rings. The van der Waals surface area contributed by atoms with Crippen LogP contribution in [-0.4, -0.2) is 77.4 Å². The molecule has 9 heteroatoms. The predicted octanol–water partition coefficient (Wildman–Crippen LogP) is 5.88. The van der Waals surface area contributed by atoms with Crippen LogP contribution in [0.4, 0.5) is 4.79 Å². The molecule has 0 saturated heterocycles. The number of ether oxygens (including phenoxy) is 2. The molecule has 8 nitrogen and oxygen atoms in total. The van der Waals surface area contributed by atoms with E-state index in [0.29, 0.717) is 17.6 Å². The van der Waals surface area contributed by atoms with Crippen LogP contribution in [0.5, 0.6) is 0 Å². The molecule has 0 aromatic rings. The highest BCUT2D eigenvalue weighted by molar-refractivity contribution is 7.51. The molecule has 0 saturated carbocycles. The third-order valence-electron chi connectivity index (χ3n) is 6.20. The Balaban J connectivity index is 3.88. The molecular weight excluding hydrogens is 479 g/mol. The van der Waals surface area contributed by atoms with Crippen molar-refractivity contribution in [3.8, 4) is 0 Å². The van der Waals surface area contributed by atoms with E-state index < -0.39 is 19.8 Å². The number of alkyl carbamates (subject to hydrolysis) is 1. The summed E-state index contributed by atoms with van der Waals surface area (Å²) >= 11 is 0. The van der Waals surface area contributed by atoms with E-state index in [4.69, 9.17) is 14.0 Å². The summed E-state index contributed by atoms with van der Waals surface area (Å²) in [5.74, 6) is 0. The van der Waals surface area contributed by atoms with Gasteiger partial charge in [0, 0.05) is 19.8 Å². The van der Waals surface area contributed by atoms with E-state index in [2.05, 4.69) is 12.2 Å². The highest BCUT2D eigenvalue weighted by Gasteiger charge is 2.19. The first kappa shape index (κ1) is 35.3. The van der Waals surface area contributed by atoms with E-state index in [0.717, 1.165) is 12.8 Å². The van der Waals surface area contributed by atoms with Crippen molar-refractivity contribution in [3.05, 3.63) is 0 Å². The minimum atomic E-state index is -3.99. The molecule has 0 bridgehead atoms. The average Bonchev–Trinajstić information content (AvgIpc) is 2.81. The number of hydrogen-bond acceptors (Lipinski definition) is 6. The van der Waals surface area contributed by atoms with Crippen molar-refractivity contribution in [1.82, 2.24) is 5.32 Å². The Labute approximate surface area is 222 Å². The monoisotopic (exact) mass is 536 g/mol. The minimum Gasteiger partial charge on any atom is -0.778 e. The fourth-order valence-electron chi connectivity index (χ4n) is 3.82. The zero-order chi connectivity index (χ0) is 27.1. The molecule has 1 unspecified atom stereocenters. The quantitative estimate of drug-likeness (QED) is 0.0890. The van der Waals surface area contributed by atoms with Crippen molar-refractivity contribution >= 4 is 13.7 Å². The van der Waals surface area contributed by atoms with Crippen LogP contribution >= 0.6 is 7.60 Å². The third-order valence-corrected chi connectivity index (χ3v) is 7.58. The van der Waals surface area contributed by atoms with E-state index in [9.17, 15) is 14.3 Å². The van der Waals surface area contributed by atoms with E-state index >= 15 is 0 Å². The molecule has 0 aromatic heterocycles. The van der Waals surface area contributed by atoms with Crippen LogP contribution in [0.1, 0.15) is 103 Å². The van der Waals surface area contributed by atoms with Crippen LogP contribution in [0.2, 0.25) is 0 Å². The van der Waals surface area contributed by atoms with Crippen LogP contribution in [-0.2, 0) is 18.6 Å². The van der Waals surface area contributed by atoms with Crippen molar-refractivity contribution in [2.45, 2.75) is 109 Å². The number of hydrogen-bond donors (Lipinski definition) is 1. The fourth-order valence-corrected chi connectivity index (χ4v) is 4.91. The first-order chi connectivity index (χ1) is 17.1. The molecule has 0 heterocycles. The Kier molecular flexibility index (Phi) is 21.9. The lowest BCUT2D eigenvalue weighted by Crippen LogP contribution is -2.37. The van der Waals surface area contributed by atoms with E-state index in [-0.39, 0.29) is 25.8 Å². The van der Waals surface area contributed by atoms with Crippen molar-refractivity contribution in [1.29, 1.82) is 0 Å². The summed E-state index contributed by atoms with van der Waals surface area (Å²) in [7, 11) is 3.41. The van der Waals surface area contributed by atoms with Crippen LogP contribution < -0.4 is 10.2 Å². The van der Waals surface area contributed by atoms with Gasteiger partial charge in [-0.2, -0.15) is 0 Å². The van der Waals surface area contributed by atoms with E-state index in [1.54, 1.807) is 0 Å². The molecule has 0 radical (unpaired) electrons. The standard InChI is InChI=1S/C27H57N2O6P/c1-6-7-8-9-10-11-12-13-14-15-16-17-18-19-22-33-25-26(35-27(30)28-2)20-24-36(31,32)34-23-21-29(3,4)5/h26H,6-25H2,1-5H3,(H-,28,30,31,32)/t26-/m1/s1. The highest BCUT2D eigenvalue weighted by atomic mass is 31.2. The molecule has 0 aliphatic heterocycles. The maximum atomic E-state index is 12.2. The van der Waals surface area contributed by atoms with E-state index in [1.165, 1.54) is 84.1 Å². The second-order valence-electron chi connectivity index (χ2n) is 10.9. The molecule has 0 aromatic carbocycles. The van der Waals surface area contributed by atoms with Gasteiger partial charge >= 0.3 is 6.09 Å². The number of unbranched alkanes of at least 4 members (excludes halogenated alkanes) is 13. The number of rotatable bonds is 25. The van der Waals surface area contributed by atoms with Gasteiger partial charge in [0.25, 0.3) is 0 Å². The Morgan fingerprint density at radius 2 is 1.36 bits per heavy atom. The smallest absolute Gasteiger partial charge is 0.407 e. The van der Waals surface area contributed by atoms with Gasteiger partial charge in [0.1, 0.15) is 26.9 Å². The summed E-state index contributed by atoms with van der Waals surface area (Å²) in [6, 6.07) is 0. The number of carbonyl (C=O) groups is 1. The molecule has 0 fully saturated rings. The maximum absolute atomic E-state index is 12.2. The van der Waals surface area contributed by atoms with Gasteiger partial charge in [-0.1, -0.05) is 90.4 Å². The largest absolute Gasteiger partial charge is 0.778 e. The maximum Gasteiger partial charge on any atom is 0.407 e. The van der Waals surface area contributed by atoms with Gasteiger partial charge < -0.3 is 33.3 Å². The number of carbonyl (C=O) groups excluding carboxylic acids is 1. The van der Waals surface area contributed by atoms with Crippen molar-refractivity contribution in [2.24, 2.45) is 0 Å². The Hall–Kier alpha value is -0.660. The number of likely N-dealkylation sites (N-methyl/N-ethyl adjacent to an activating group) is 1. The van der Waals surface area contributed by atoms with Gasteiger partial charge in [-0.05, 0) is 12.8 Å². The topological polar surface area (TPSA) is 96.9 Å². The molecule has 0 rings (SSSR count). The highest BCUT2D eigenvalue weighted by Crippen LogP contribution is 2.38. The Morgan fingerprint density at radius 1 is 0.861 bits per heavy atom. The molecule has 1 N–H and O–H groups in total. The normalized spacial score (nSPS) is 14.4. The predicted molar refractivity (Wildman–Crippen MR) is 146 cm³/mol. The molecule has 1 amide bonds. The van der Waals surface area contributed by atoms with Crippen molar-refractivity contribution in [2.75, 3.05) is 60.7 Å². The number of amides is 1. The lowest BCUT2D eigenvalue weighted by Gasteiger charge is -2.28. The lowest BCUT2D eigenvalue weighted by atomic mass is 10.0. The summed E-state index contributed by atoms with van der Waals surface area (Å²) in [6.45, 7) is 3.76. The fraction of sp³-hybridized carbons (Fsp3) is 0.963. The van der Waals surface area contributed by atoms with Gasteiger partial charge in [0.05, 0.1) is 27.7 Å². The van der Waals surface area contributed by atoms with Gasteiger partial charge in [-0.15, -0.1) is 0 Å². The average molecular weight is 537 g/mol. The third kappa shape index (κ3) is 25.0. The van der Waals surface area contributed by atoms with Crippen LogP contribution in [0.25, 0.3) is 0 Å². The van der Waals surface area contributed by atoms with Crippen LogP contribution in [0.15, 0.2) is 0 Å². The second-order valence-corrected chi connectivity index (χ2v) is 12.8. The molecule has 0 aliphatic carbocycles. The Bertz CT molecular complexity index is 571. The summed E-state index contributed by atoms with van der Waals surface area (Å²) in [4.78, 5) is 23.8.